The van der Waals surface area contributed by atoms with E-state index < -0.39 is 47.0 Å². The average molecular weight is 785 g/mol. The van der Waals surface area contributed by atoms with Gasteiger partial charge in [-0.05, 0) is 71.8 Å². The van der Waals surface area contributed by atoms with Crippen LogP contribution in [0.2, 0.25) is 0 Å². The van der Waals surface area contributed by atoms with Crippen molar-refractivity contribution in [2.45, 2.75) is 24.7 Å². The molecule has 0 saturated heterocycles. The largest absolute Gasteiger partial charge is 0.416 e. The summed E-state index contributed by atoms with van der Waals surface area (Å²) in [7, 11) is 0. The molecule has 0 bridgehead atoms. The molecule has 4 heterocycles. The van der Waals surface area contributed by atoms with Crippen molar-refractivity contribution in [2.24, 2.45) is 0 Å². The molecule has 3 aromatic carbocycles. The first kappa shape index (κ1) is 34.4. The fourth-order valence-corrected chi connectivity index (χ4v) is 8.58. The molecule has 3 aromatic heterocycles. The molecule has 20 heteroatoms. The highest BCUT2D eigenvalue weighted by molar-refractivity contribution is 8.02. The number of thiophene rings is 2. The molecule has 7 rings (SSSR count). The standard InChI is InChI=1S/C30H12F12N4S4/c31-27(32,33)13-5-11(6-14(9-13)28(34,35)36)17-1-3-19(47-17)21-23-25(45-49-43-23)22(26-24(21)44-50-46-26)20-4-2-18(48-20)12-7-15(29(37,38)39)10-16(8-12)30(40,41)42/h1-10,43,45H. The Kier molecular flexibility index (Phi) is 8.11. The lowest BCUT2D eigenvalue weighted by atomic mass is 10.0. The summed E-state index contributed by atoms with van der Waals surface area (Å²) >= 11 is 3.64. The molecule has 260 valence electrons. The van der Waals surface area contributed by atoms with Gasteiger partial charge in [-0.1, -0.05) is 0 Å². The van der Waals surface area contributed by atoms with Crippen LogP contribution in [-0.2, 0) is 24.7 Å². The van der Waals surface area contributed by atoms with Gasteiger partial charge in [-0.3, -0.25) is 0 Å². The summed E-state index contributed by atoms with van der Waals surface area (Å²) < 4.78 is 177. The van der Waals surface area contributed by atoms with E-state index in [1.807, 2.05) is 0 Å². The molecule has 0 unspecified atom stereocenters. The number of benzene rings is 3. The van der Waals surface area contributed by atoms with Crippen LogP contribution in [0.3, 0.4) is 0 Å². The van der Waals surface area contributed by atoms with Crippen LogP contribution in [0.5, 0.6) is 0 Å². The number of nitrogens with one attached hydrogen (secondary N) is 2. The SMILES string of the molecule is FC(F)(F)c1cc(-c2ccc(-c3c4c(c(-c5ccc(-c6cc(C(F)(F)F)cc(C(F)(F)F)c6)s5)c5nsnc35)NSN4)s2)cc(C(F)(F)F)c1. The highest BCUT2D eigenvalue weighted by Gasteiger charge is 2.39. The third-order valence-electron chi connectivity index (χ3n) is 7.47. The van der Waals surface area contributed by atoms with E-state index in [2.05, 4.69) is 18.2 Å². The summed E-state index contributed by atoms with van der Waals surface area (Å²) in [5.41, 5.74) is -4.20. The van der Waals surface area contributed by atoms with Crippen LogP contribution in [0.1, 0.15) is 22.3 Å². The summed E-state index contributed by atoms with van der Waals surface area (Å²) in [6.07, 6.45) is -20.2. The lowest BCUT2D eigenvalue weighted by molar-refractivity contribution is -0.144. The van der Waals surface area contributed by atoms with Crippen LogP contribution in [0.25, 0.3) is 52.8 Å². The predicted octanol–water partition coefficient (Wildman–Crippen LogP) is 13.0. The second kappa shape index (κ2) is 11.8. The maximum Gasteiger partial charge on any atom is 0.416 e. The van der Waals surface area contributed by atoms with Crippen molar-refractivity contribution in [3.8, 4) is 41.8 Å². The van der Waals surface area contributed by atoms with Crippen molar-refractivity contribution in [3.63, 3.8) is 0 Å². The lowest BCUT2D eigenvalue weighted by Crippen LogP contribution is -2.10. The Balaban J connectivity index is 1.34. The summed E-state index contributed by atoms with van der Waals surface area (Å²) in [4.78, 5) is 1.04. The Morgan fingerprint density at radius 2 is 0.760 bits per heavy atom. The maximum absolute atomic E-state index is 13.5. The molecule has 0 aliphatic carbocycles. The molecule has 1 aliphatic rings. The summed E-state index contributed by atoms with van der Waals surface area (Å²) in [5, 5.41) is 0. The molecular weight excluding hydrogens is 773 g/mol. The van der Waals surface area contributed by atoms with E-state index in [1.165, 1.54) is 24.3 Å². The van der Waals surface area contributed by atoms with Gasteiger partial charge >= 0.3 is 24.7 Å². The minimum Gasteiger partial charge on any atom is -0.309 e. The van der Waals surface area contributed by atoms with E-state index in [9.17, 15) is 52.7 Å². The molecule has 6 aromatic rings. The molecule has 1 aliphatic heterocycles. The van der Waals surface area contributed by atoms with Gasteiger partial charge in [0.25, 0.3) is 0 Å². The summed E-state index contributed by atoms with van der Waals surface area (Å²) in [6.45, 7) is 0. The van der Waals surface area contributed by atoms with Crippen molar-refractivity contribution < 1.29 is 52.7 Å². The van der Waals surface area contributed by atoms with Gasteiger partial charge in [-0.2, -0.15) is 61.4 Å². The zero-order valence-electron chi connectivity index (χ0n) is 23.8. The Labute approximate surface area is 288 Å². The van der Waals surface area contributed by atoms with Crippen molar-refractivity contribution in [1.82, 2.24) is 8.75 Å². The number of rotatable bonds is 4. The Hall–Kier alpha value is -4.01. The Morgan fingerprint density at radius 1 is 0.440 bits per heavy atom. The quantitative estimate of drug-likeness (QED) is 0.138. The number of anilines is 2. The predicted molar refractivity (Wildman–Crippen MR) is 170 cm³/mol. The van der Waals surface area contributed by atoms with Crippen LogP contribution >= 0.6 is 46.5 Å². The van der Waals surface area contributed by atoms with Gasteiger partial charge in [0.1, 0.15) is 11.0 Å². The monoisotopic (exact) mass is 784 g/mol. The molecule has 0 spiro atoms. The molecule has 4 nitrogen and oxygen atoms in total. The van der Waals surface area contributed by atoms with Gasteiger partial charge < -0.3 is 9.44 Å². The summed E-state index contributed by atoms with van der Waals surface area (Å²) in [5.74, 6) is 0. The van der Waals surface area contributed by atoms with E-state index in [0.29, 0.717) is 67.6 Å². The molecule has 2 N–H and O–H groups in total. The fraction of sp³-hybridized carbons (Fsp3) is 0.133. The van der Waals surface area contributed by atoms with Crippen LogP contribution in [0, 0.1) is 0 Å². The normalized spacial score (nSPS) is 13.8. The number of halogens is 12. The van der Waals surface area contributed by atoms with E-state index in [1.54, 1.807) is 0 Å². The van der Waals surface area contributed by atoms with Crippen molar-refractivity contribution in [3.05, 3.63) is 82.9 Å². The third kappa shape index (κ3) is 6.26. The number of hydrogen-bond donors (Lipinski definition) is 2. The van der Waals surface area contributed by atoms with E-state index in [0.717, 1.165) is 46.5 Å². The minimum atomic E-state index is -5.04. The zero-order valence-corrected chi connectivity index (χ0v) is 27.1. The minimum absolute atomic E-state index is 0.0408. The number of aromatic nitrogens is 2. The van der Waals surface area contributed by atoms with Crippen LogP contribution in [0.4, 0.5) is 64.1 Å². The van der Waals surface area contributed by atoms with Gasteiger partial charge in [0.2, 0.25) is 0 Å². The average Bonchev–Trinajstić information content (AvgIpc) is 3.85. The number of alkyl halides is 12. The van der Waals surface area contributed by atoms with Crippen molar-refractivity contribution >= 4 is 68.9 Å². The zero-order chi connectivity index (χ0) is 36.0. The summed E-state index contributed by atoms with van der Waals surface area (Å²) in [6, 6.07) is 8.39. The third-order valence-corrected chi connectivity index (χ3v) is 10.9. The van der Waals surface area contributed by atoms with Gasteiger partial charge in [0.05, 0.1) is 57.5 Å². The Morgan fingerprint density at radius 3 is 1.08 bits per heavy atom. The van der Waals surface area contributed by atoms with Crippen LogP contribution in [0.15, 0.2) is 60.7 Å². The van der Waals surface area contributed by atoms with Gasteiger partial charge in [-0.25, -0.2) is 0 Å². The van der Waals surface area contributed by atoms with Crippen molar-refractivity contribution in [1.29, 1.82) is 0 Å². The number of hydrogen-bond acceptors (Lipinski definition) is 8. The Bertz CT molecular complexity index is 2060. The fourth-order valence-electron chi connectivity index (χ4n) is 5.26. The number of nitrogens with zero attached hydrogens (tertiary/aromatic N) is 2. The molecule has 0 fully saturated rings. The van der Waals surface area contributed by atoms with Gasteiger partial charge in [0.15, 0.2) is 0 Å². The lowest BCUT2D eigenvalue weighted by Gasteiger charge is -2.14. The topological polar surface area (TPSA) is 49.8 Å². The second-order valence-electron chi connectivity index (χ2n) is 10.7. The number of fused-ring (bicyclic) bond motifs is 2. The van der Waals surface area contributed by atoms with Crippen LogP contribution < -0.4 is 9.44 Å². The molecule has 0 amide bonds. The van der Waals surface area contributed by atoms with E-state index in [4.69, 9.17) is 0 Å². The smallest absolute Gasteiger partial charge is 0.309 e. The highest BCUT2D eigenvalue weighted by Crippen LogP contribution is 2.55. The molecular formula is C30H12F12N4S4. The van der Waals surface area contributed by atoms with Gasteiger partial charge in [0, 0.05) is 30.6 Å². The van der Waals surface area contributed by atoms with E-state index in [-0.39, 0.29) is 33.0 Å². The van der Waals surface area contributed by atoms with Crippen molar-refractivity contribution in [2.75, 3.05) is 9.44 Å². The second-order valence-corrected chi connectivity index (χ2v) is 14.0. The molecule has 0 radical (unpaired) electrons. The highest BCUT2D eigenvalue weighted by atomic mass is 32.2. The molecule has 0 atom stereocenters. The maximum atomic E-state index is 13.5. The molecule has 50 heavy (non-hydrogen) atoms. The first-order valence-electron chi connectivity index (χ1n) is 13.6. The van der Waals surface area contributed by atoms with Gasteiger partial charge in [-0.15, -0.1) is 22.7 Å². The first-order chi connectivity index (χ1) is 23.3. The molecule has 0 saturated carbocycles. The van der Waals surface area contributed by atoms with E-state index >= 15 is 0 Å². The first-order valence-corrected chi connectivity index (χ1v) is 16.8. The van der Waals surface area contributed by atoms with Crippen LogP contribution in [-0.4, -0.2) is 8.75 Å².